The first-order valence-electron chi connectivity index (χ1n) is 17.5. The van der Waals surface area contributed by atoms with E-state index < -0.39 is 6.29 Å². The van der Waals surface area contributed by atoms with Crippen LogP contribution in [-0.2, 0) is 29.7 Å². The first kappa shape index (κ1) is 32.4. The van der Waals surface area contributed by atoms with Gasteiger partial charge in [-0.1, -0.05) is 72.4 Å². The van der Waals surface area contributed by atoms with Crippen molar-refractivity contribution < 1.29 is 19.4 Å². The third-order valence-corrected chi connectivity index (χ3v) is 12.0. The number of hydrogen-bond acceptors (Lipinski definition) is 8. The number of thioether (sulfide) groups is 1. The molecule has 0 unspecified atom stereocenters. The van der Waals surface area contributed by atoms with Crippen LogP contribution in [-0.4, -0.2) is 48.7 Å². The summed E-state index contributed by atoms with van der Waals surface area (Å²) in [6.45, 7) is 0.472. The van der Waals surface area contributed by atoms with Crippen LogP contribution in [0.25, 0.3) is 11.1 Å². The van der Waals surface area contributed by atoms with Crippen molar-refractivity contribution in [2.75, 3.05) is 5.75 Å². The molecule has 5 aliphatic rings. The summed E-state index contributed by atoms with van der Waals surface area (Å²) < 4.78 is 14.8. The Hall–Kier alpha value is -3.77. The summed E-state index contributed by atoms with van der Waals surface area (Å²) in [7, 11) is 1.83. The third-order valence-electron chi connectivity index (χ3n) is 10.9. The predicted octanol–water partition coefficient (Wildman–Crippen LogP) is 6.48. The molecule has 256 valence electrons. The Balaban J connectivity index is 0.952. The van der Waals surface area contributed by atoms with E-state index in [-0.39, 0.29) is 30.4 Å². The number of aliphatic hydroxyl groups is 1. The van der Waals surface area contributed by atoms with Crippen molar-refractivity contribution in [3.8, 4) is 11.1 Å². The summed E-state index contributed by atoms with van der Waals surface area (Å²) in [5.74, 6) is 3.04. The molecule has 3 N–H and O–H groups in total. The van der Waals surface area contributed by atoms with Crippen LogP contribution in [0.5, 0.6) is 0 Å². The van der Waals surface area contributed by atoms with Gasteiger partial charge in [0.25, 0.3) is 0 Å². The van der Waals surface area contributed by atoms with Gasteiger partial charge in [-0.2, -0.15) is 0 Å². The van der Waals surface area contributed by atoms with E-state index in [0.717, 1.165) is 75.6 Å². The Morgan fingerprint density at radius 1 is 0.898 bits per heavy atom. The van der Waals surface area contributed by atoms with Crippen LogP contribution in [0.2, 0.25) is 0 Å². The van der Waals surface area contributed by atoms with Gasteiger partial charge in [-0.05, 0) is 107 Å². The smallest absolute Gasteiger partial charge is 0.315 e. The highest BCUT2D eigenvalue weighted by Gasteiger charge is 2.51. The highest BCUT2D eigenvalue weighted by atomic mass is 32.2. The molecule has 2 amide bonds. The summed E-state index contributed by atoms with van der Waals surface area (Å²) in [6.07, 6.45) is 7.31. The lowest BCUT2D eigenvalue weighted by Crippen LogP contribution is -2.61. The van der Waals surface area contributed by atoms with E-state index in [1.807, 2.05) is 49.5 Å². The second-order valence-electron chi connectivity index (χ2n) is 14.6. The Kier molecular flexibility index (Phi) is 9.17. The summed E-state index contributed by atoms with van der Waals surface area (Å²) in [6, 6.07) is 24.5. The Morgan fingerprint density at radius 2 is 1.61 bits per heavy atom. The molecule has 1 aliphatic heterocycles. The van der Waals surface area contributed by atoms with Crippen molar-refractivity contribution in [3.05, 3.63) is 95.1 Å². The number of amides is 2. The van der Waals surface area contributed by atoms with E-state index in [9.17, 15) is 9.90 Å². The van der Waals surface area contributed by atoms with Gasteiger partial charge in [-0.15, -0.1) is 5.10 Å². The van der Waals surface area contributed by atoms with Crippen LogP contribution in [0.1, 0.15) is 79.6 Å². The Bertz CT molecular complexity index is 1740. The van der Waals surface area contributed by atoms with E-state index in [4.69, 9.17) is 9.47 Å². The number of aryl methyl sites for hydroxylation is 1. The molecule has 4 aliphatic carbocycles. The average Bonchev–Trinajstić information content (AvgIpc) is 3.53. The van der Waals surface area contributed by atoms with Crippen LogP contribution < -0.4 is 10.6 Å². The molecule has 3 atom stereocenters. The zero-order chi connectivity index (χ0) is 33.4. The molecule has 9 rings (SSSR count). The lowest BCUT2D eigenvalue weighted by molar-refractivity contribution is -0.245. The van der Waals surface area contributed by atoms with Crippen LogP contribution in [0.15, 0.2) is 78.0 Å². The summed E-state index contributed by atoms with van der Waals surface area (Å²) in [5, 5.41) is 28.7. The first-order chi connectivity index (χ1) is 23.9. The number of nitrogens with one attached hydrogen (secondary N) is 2. The van der Waals surface area contributed by atoms with E-state index in [0.29, 0.717) is 18.7 Å². The minimum absolute atomic E-state index is 0.00162. The van der Waals surface area contributed by atoms with Gasteiger partial charge in [0.2, 0.25) is 5.16 Å². The second-order valence-corrected chi connectivity index (χ2v) is 15.6. The fourth-order valence-corrected chi connectivity index (χ4v) is 9.86. The predicted molar refractivity (Wildman–Crippen MR) is 186 cm³/mol. The summed E-state index contributed by atoms with van der Waals surface area (Å²) in [4.78, 5) is 13.1. The van der Waals surface area contributed by atoms with Crippen molar-refractivity contribution in [1.29, 1.82) is 0 Å². The number of hydrogen-bond donors (Lipinski definition) is 3. The zero-order valence-corrected chi connectivity index (χ0v) is 28.6. The summed E-state index contributed by atoms with van der Waals surface area (Å²) in [5.41, 5.74) is 6.01. The van der Waals surface area contributed by atoms with Crippen molar-refractivity contribution in [2.45, 2.75) is 87.3 Å². The number of aromatic nitrogens is 4. The topological polar surface area (TPSA) is 123 Å². The maximum absolute atomic E-state index is 13.1. The number of ether oxygens (including phenoxy) is 2. The molecular formula is C38H44N6O4S. The summed E-state index contributed by atoms with van der Waals surface area (Å²) >= 11 is 1.56. The molecule has 11 heteroatoms. The van der Waals surface area contributed by atoms with Gasteiger partial charge < -0.3 is 25.2 Å². The van der Waals surface area contributed by atoms with Gasteiger partial charge in [0.15, 0.2) is 6.29 Å². The molecule has 1 saturated heterocycles. The Morgan fingerprint density at radius 3 is 2.31 bits per heavy atom. The number of benzene rings is 3. The number of carbonyl (C=O) groups excluding carboxylic acids is 1. The zero-order valence-electron chi connectivity index (χ0n) is 27.8. The number of tetrazole rings is 1. The fourth-order valence-electron chi connectivity index (χ4n) is 8.99. The molecule has 2 heterocycles. The minimum Gasteiger partial charge on any atom is -0.392 e. The lowest BCUT2D eigenvalue weighted by atomic mass is 9.53. The molecule has 4 bridgehead atoms. The lowest BCUT2D eigenvalue weighted by Gasteiger charge is -2.56. The monoisotopic (exact) mass is 680 g/mol. The van der Waals surface area contributed by atoms with Gasteiger partial charge in [0.05, 0.1) is 18.8 Å². The maximum Gasteiger partial charge on any atom is 0.315 e. The highest BCUT2D eigenvalue weighted by Crippen LogP contribution is 2.55. The van der Waals surface area contributed by atoms with Crippen molar-refractivity contribution in [1.82, 2.24) is 30.8 Å². The van der Waals surface area contributed by atoms with E-state index >= 15 is 0 Å². The third kappa shape index (κ3) is 7.26. The molecular weight excluding hydrogens is 637 g/mol. The molecule has 3 aromatic carbocycles. The molecule has 4 aromatic rings. The number of urea groups is 1. The van der Waals surface area contributed by atoms with Crippen LogP contribution in [0.3, 0.4) is 0 Å². The number of carbonyl (C=O) groups is 1. The van der Waals surface area contributed by atoms with Crippen molar-refractivity contribution in [3.63, 3.8) is 0 Å². The van der Waals surface area contributed by atoms with Gasteiger partial charge in [0.1, 0.15) is 0 Å². The SMILES string of the molecule is Cn1nnnc1SC[C@H]1C[C@@H](c2ccc(CO)cc2)O[C@@H](c2cccc(-c3cccc(CNC(=O)NC45CC6CC(CC(C6)C4)C5)c3)c2)O1. The van der Waals surface area contributed by atoms with Crippen LogP contribution in [0.4, 0.5) is 4.79 Å². The van der Waals surface area contributed by atoms with Gasteiger partial charge in [-0.25, -0.2) is 9.48 Å². The average molecular weight is 681 g/mol. The molecule has 5 fully saturated rings. The van der Waals surface area contributed by atoms with E-state index in [1.165, 1.54) is 19.3 Å². The van der Waals surface area contributed by atoms with E-state index in [1.54, 1.807) is 16.4 Å². The van der Waals surface area contributed by atoms with Gasteiger partial charge >= 0.3 is 6.03 Å². The maximum atomic E-state index is 13.1. The minimum atomic E-state index is -0.572. The number of rotatable bonds is 10. The normalized spacial score (nSPS) is 28.8. The molecule has 0 spiro atoms. The molecule has 4 saturated carbocycles. The Labute approximate surface area is 291 Å². The standard InChI is InChI=1S/C38H44N6O4S/c1-44-37(41-42-43-44)49-23-33-17-34(29-10-8-24(22-45)9-11-29)48-35(47-33)32-7-3-6-31(16-32)30-5-2-4-25(15-30)21-39-36(46)40-38-18-26-12-27(19-38)14-28(13-26)20-38/h2-11,15-16,26-28,33-35,45H,12-14,17-23H2,1H3,(H2,39,40,46)/t26?,27?,28?,33-,34+,35+,38?/m1/s1. The number of nitrogens with zero attached hydrogens (tertiary/aromatic N) is 4. The van der Waals surface area contributed by atoms with E-state index in [2.05, 4.69) is 56.5 Å². The van der Waals surface area contributed by atoms with Crippen LogP contribution >= 0.6 is 11.8 Å². The quantitative estimate of drug-likeness (QED) is 0.163. The first-order valence-corrected chi connectivity index (χ1v) is 18.5. The second kappa shape index (κ2) is 13.9. The van der Waals surface area contributed by atoms with Gasteiger partial charge in [0, 0.05) is 36.9 Å². The molecule has 1 aromatic heterocycles. The molecule has 0 radical (unpaired) electrons. The highest BCUT2D eigenvalue weighted by molar-refractivity contribution is 7.99. The van der Waals surface area contributed by atoms with Crippen LogP contribution in [0, 0.1) is 17.8 Å². The molecule has 10 nitrogen and oxygen atoms in total. The fraction of sp³-hybridized carbons (Fsp3) is 0.474. The van der Waals surface area contributed by atoms with Crippen molar-refractivity contribution in [2.24, 2.45) is 24.8 Å². The van der Waals surface area contributed by atoms with Crippen molar-refractivity contribution >= 4 is 17.8 Å². The van der Waals surface area contributed by atoms with Gasteiger partial charge in [-0.3, -0.25) is 0 Å². The number of aliphatic hydroxyl groups excluding tert-OH is 1. The largest absolute Gasteiger partial charge is 0.392 e. The molecule has 49 heavy (non-hydrogen) atoms.